The van der Waals surface area contributed by atoms with Gasteiger partial charge in [-0.2, -0.15) is 20.1 Å². The van der Waals surface area contributed by atoms with Crippen LogP contribution in [0.2, 0.25) is 0 Å². The molecule has 3 aromatic rings. The van der Waals surface area contributed by atoms with Crippen molar-refractivity contribution in [1.82, 2.24) is 15.0 Å². The molecule has 4 rings (SSSR count). The molecule has 11 nitrogen and oxygen atoms in total. The number of benzene rings is 2. The van der Waals surface area contributed by atoms with E-state index in [0.717, 1.165) is 5.56 Å². The van der Waals surface area contributed by atoms with Crippen molar-refractivity contribution in [3.05, 3.63) is 76.4 Å². The lowest BCUT2D eigenvalue weighted by molar-refractivity contribution is -0.384. The third kappa shape index (κ3) is 6.31. The Labute approximate surface area is 190 Å². The summed E-state index contributed by atoms with van der Waals surface area (Å²) in [6.07, 6.45) is 5.34. The number of rotatable bonds is 8. The van der Waals surface area contributed by atoms with E-state index in [1.54, 1.807) is 18.3 Å². The normalized spacial score (nSPS) is 14.0. The molecule has 33 heavy (non-hydrogen) atoms. The average Bonchev–Trinajstić information content (AvgIpc) is 2.85. The van der Waals surface area contributed by atoms with Gasteiger partial charge in [0.05, 0.1) is 18.1 Å². The van der Waals surface area contributed by atoms with Crippen LogP contribution < -0.4 is 15.6 Å². The Morgan fingerprint density at radius 1 is 1.00 bits per heavy atom. The van der Waals surface area contributed by atoms with Crippen LogP contribution in [0.15, 0.2) is 65.8 Å². The van der Waals surface area contributed by atoms with Crippen molar-refractivity contribution in [2.45, 2.75) is 0 Å². The highest BCUT2D eigenvalue weighted by Gasteiger charge is 2.17. The molecule has 0 amide bonds. The van der Waals surface area contributed by atoms with E-state index in [4.69, 9.17) is 4.74 Å². The Hall–Kier alpha value is -4.38. The molecule has 168 valence electrons. The molecule has 1 fully saturated rings. The van der Waals surface area contributed by atoms with Gasteiger partial charge in [-0.15, -0.1) is 0 Å². The number of allylic oxidation sites excluding steroid dienone is 1. The van der Waals surface area contributed by atoms with E-state index < -0.39 is 4.92 Å². The van der Waals surface area contributed by atoms with E-state index in [9.17, 15) is 10.1 Å². The van der Waals surface area contributed by atoms with Gasteiger partial charge in [0.1, 0.15) is 0 Å². The van der Waals surface area contributed by atoms with Crippen LogP contribution in [0.4, 0.5) is 29.2 Å². The third-order valence-electron chi connectivity index (χ3n) is 4.67. The van der Waals surface area contributed by atoms with Crippen LogP contribution in [-0.4, -0.2) is 52.4 Å². The lowest BCUT2D eigenvalue weighted by atomic mass is 10.2. The summed E-state index contributed by atoms with van der Waals surface area (Å²) in [4.78, 5) is 25.7. The van der Waals surface area contributed by atoms with Gasteiger partial charge in [-0.05, 0) is 23.8 Å². The van der Waals surface area contributed by atoms with E-state index in [-0.39, 0.29) is 17.6 Å². The summed E-state index contributed by atoms with van der Waals surface area (Å²) in [5.74, 6) is 1.04. The van der Waals surface area contributed by atoms with Crippen LogP contribution in [0.3, 0.4) is 0 Å². The first-order chi connectivity index (χ1) is 16.2. The maximum Gasteiger partial charge on any atom is 0.269 e. The number of hydrogen-bond donors (Lipinski definition) is 2. The van der Waals surface area contributed by atoms with Crippen LogP contribution in [0.25, 0.3) is 6.08 Å². The number of non-ortho nitro benzene ring substituents is 1. The number of hydrazone groups is 1. The third-order valence-corrected chi connectivity index (χ3v) is 4.67. The van der Waals surface area contributed by atoms with Crippen LogP contribution in [0.5, 0.6) is 0 Å². The molecule has 0 atom stereocenters. The molecule has 2 heterocycles. The molecule has 11 heteroatoms. The highest BCUT2D eigenvalue weighted by molar-refractivity contribution is 5.78. The van der Waals surface area contributed by atoms with Gasteiger partial charge in [-0.25, -0.2) is 5.43 Å². The van der Waals surface area contributed by atoms with Crippen LogP contribution >= 0.6 is 0 Å². The second kappa shape index (κ2) is 10.8. The van der Waals surface area contributed by atoms with Crippen molar-refractivity contribution < 1.29 is 9.66 Å². The minimum atomic E-state index is -0.449. The number of aromatic nitrogens is 3. The Kier molecular flexibility index (Phi) is 7.13. The summed E-state index contributed by atoms with van der Waals surface area (Å²) in [7, 11) is 0. The van der Waals surface area contributed by atoms with E-state index in [1.807, 2.05) is 47.4 Å². The zero-order chi connectivity index (χ0) is 22.9. The molecule has 1 aliphatic heterocycles. The summed E-state index contributed by atoms with van der Waals surface area (Å²) in [5.41, 5.74) is 4.51. The fourth-order valence-corrected chi connectivity index (χ4v) is 3.03. The number of nitrogens with zero attached hydrogens (tertiary/aromatic N) is 6. The Bertz CT molecular complexity index is 1130. The number of morpholine rings is 1. The Balaban J connectivity index is 1.50. The number of nitrogens with one attached hydrogen (secondary N) is 2. The lowest BCUT2D eigenvalue weighted by Crippen LogP contribution is -2.37. The molecule has 0 spiro atoms. The van der Waals surface area contributed by atoms with Gasteiger partial charge in [0.15, 0.2) is 0 Å². The lowest BCUT2D eigenvalue weighted by Gasteiger charge is -2.27. The van der Waals surface area contributed by atoms with Gasteiger partial charge < -0.3 is 15.0 Å². The summed E-state index contributed by atoms with van der Waals surface area (Å²) >= 11 is 0. The van der Waals surface area contributed by atoms with Gasteiger partial charge in [0.2, 0.25) is 17.8 Å². The van der Waals surface area contributed by atoms with Crippen LogP contribution in [-0.2, 0) is 4.74 Å². The van der Waals surface area contributed by atoms with Gasteiger partial charge in [-0.3, -0.25) is 10.1 Å². The molecule has 2 N–H and O–H groups in total. The van der Waals surface area contributed by atoms with Gasteiger partial charge in [0, 0.05) is 37.1 Å². The van der Waals surface area contributed by atoms with Crippen molar-refractivity contribution in [2.75, 3.05) is 41.9 Å². The summed E-state index contributed by atoms with van der Waals surface area (Å²) in [6.45, 7) is 2.48. The quantitative estimate of drug-likeness (QED) is 0.303. The van der Waals surface area contributed by atoms with Crippen LogP contribution in [0.1, 0.15) is 5.56 Å². The van der Waals surface area contributed by atoms with Crippen molar-refractivity contribution in [2.24, 2.45) is 5.10 Å². The first-order valence-electron chi connectivity index (χ1n) is 10.3. The topological polar surface area (TPSA) is 131 Å². The molecule has 1 saturated heterocycles. The Morgan fingerprint density at radius 3 is 2.45 bits per heavy atom. The zero-order valence-corrected chi connectivity index (χ0v) is 17.7. The predicted molar refractivity (Wildman–Crippen MR) is 127 cm³/mol. The van der Waals surface area contributed by atoms with E-state index in [0.29, 0.717) is 37.9 Å². The zero-order valence-electron chi connectivity index (χ0n) is 17.7. The van der Waals surface area contributed by atoms with Gasteiger partial charge in [-0.1, -0.05) is 36.4 Å². The summed E-state index contributed by atoms with van der Waals surface area (Å²) in [5, 5.41) is 18.1. The number of anilines is 4. The first-order valence-corrected chi connectivity index (χ1v) is 10.3. The van der Waals surface area contributed by atoms with Crippen LogP contribution in [0, 0.1) is 10.1 Å². The minimum absolute atomic E-state index is 0.00505. The van der Waals surface area contributed by atoms with E-state index in [1.165, 1.54) is 12.1 Å². The molecule has 1 aliphatic rings. The van der Waals surface area contributed by atoms with Crippen molar-refractivity contribution in [3.8, 4) is 0 Å². The number of hydrogen-bond acceptors (Lipinski definition) is 10. The van der Waals surface area contributed by atoms with Gasteiger partial charge >= 0.3 is 0 Å². The first kappa shape index (κ1) is 21.8. The molecule has 0 saturated carbocycles. The maximum atomic E-state index is 10.9. The van der Waals surface area contributed by atoms with E-state index >= 15 is 0 Å². The summed E-state index contributed by atoms with van der Waals surface area (Å²) in [6, 6.07) is 15.9. The maximum absolute atomic E-state index is 10.9. The Morgan fingerprint density at radius 2 is 1.73 bits per heavy atom. The smallest absolute Gasteiger partial charge is 0.269 e. The fraction of sp³-hybridized carbons (Fsp3) is 0.182. The minimum Gasteiger partial charge on any atom is -0.378 e. The molecular weight excluding hydrogens is 424 g/mol. The molecule has 2 aromatic carbocycles. The highest BCUT2D eigenvalue weighted by atomic mass is 16.6. The summed E-state index contributed by atoms with van der Waals surface area (Å²) < 4.78 is 5.41. The number of nitro benzene ring substituents is 1. The number of nitro groups is 1. The second-order valence-corrected chi connectivity index (χ2v) is 6.97. The largest absolute Gasteiger partial charge is 0.378 e. The van der Waals surface area contributed by atoms with E-state index in [2.05, 4.69) is 30.8 Å². The molecule has 0 radical (unpaired) electrons. The molecule has 0 bridgehead atoms. The standard InChI is InChI=1S/C22H22N8O3/c31-30(32)19-10-8-18(9-11-19)24-20-25-21(27-22(26-20)29-13-15-33-16-14-29)28-23-12-4-7-17-5-2-1-3-6-17/h1-12H,13-16H2,(H2,24,25,26,27,28). The SMILES string of the molecule is O=[N+]([O-])c1ccc(Nc2nc(NN=CC=Cc3ccccc3)nc(N3CCOCC3)n2)cc1. The van der Waals surface area contributed by atoms with Gasteiger partial charge in [0.25, 0.3) is 5.69 Å². The predicted octanol–water partition coefficient (Wildman–Crippen LogP) is 3.47. The molecular formula is C22H22N8O3. The second-order valence-electron chi connectivity index (χ2n) is 6.97. The molecule has 0 aliphatic carbocycles. The number of ether oxygens (including phenoxy) is 1. The van der Waals surface area contributed by atoms with Crippen molar-refractivity contribution in [1.29, 1.82) is 0 Å². The fourth-order valence-electron chi connectivity index (χ4n) is 3.03. The highest BCUT2D eigenvalue weighted by Crippen LogP contribution is 2.21. The van der Waals surface area contributed by atoms with Crippen molar-refractivity contribution in [3.63, 3.8) is 0 Å². The molecule has 0 unspecified atom stereocenters. The average molecular weight is 446 g/mol. The monoisotopic (exact) mass is 446 g/mol. The molecule has 1 aromatic heterocycles. The van der Waals surface area contributed by atoms with Crippen molar-refractivity contribution >= 4 is 41.5 Å².